The molecule has 12 nitrogen and oxygen atoms in total. The van der Waals surface area contributed by atoms with Crippen molar-refractivity contribution in [2.45, 2.75) is 31.1 Å². The molecule has 4 atom stereocenters. The Morgan fingerprint density at radius 3 is 2.71 bits per heavy atom. The topological polar surface area (TPSA) is 163 Å². The monoisotopic (exact) mass is 533 g/mol. The van der Waals surface area contributed by atoms with E-state index in [4.69, 9.17) is 42.5 Å². The highest BCUT2D eigenvalue weighted by atomic mass is 35.5. The molecule has 0 aliphatic carbocycles. The summed E-state index contributed by atoms with van der Waals surface area (Å²) in [5, 5.41) is 26.2. The summed E-state index contributed by atoms with van der Waals surface area (Å²) >= 11 is 12.3. The fraction of sp³-hybridized carbons (Fsp3) is 0.421. The minimum atomic E-state index is -4.39. The van der Waals surface area contributed by atoms with Crippen molar-refractivity contribution in [3.8, 4) is 0 Å². The number of aliphatic hydroxyl groups excluding tert-OH is 2. The molecule has 0 bridgehead atoms. The van der Waals surface area contributed by atoms with Gasteiger partial charge < -0.3 is 34.4 Å². The van der Waals surface area contributed by atoms with Gasteiger partial charge in [0, 0.05) is 18.6 Å². The Balaban J connectivity index is 1.58. The number of rotatable bonds is 8. The van der Waals surface area contributed by atoms with Crippen molar-refractivity contribution in [1.29, 1.82) is 0 Å². The Morgan fingerprint density at radius 1 is 1.24 bits per heavy atom. The van der Waals surface area contributed by atoms with Crippen LogP contribution < -0.4 is 4.90 Å². The number of nitrogens with zero attached hydrogens (tertiary/aromatic N) is 5. The maximum atomic E-state index is 11.0. The van der Waals surface area contributed by atoms with Crippen LogP contribution in [0, 0.1) is 0 Å². The number of hydrogen-bond acceptors (Lipinski definition) is 9. The number of fused-ring (bicyclic) bond motifs is 1. The summed E-state index contributed by atoms with van der Waals surface area (Å²) in [7, 11) is -2.57. The molecule has 34 heavy (non-hydrogen) atoms. The molecule has 1 aliphatic rings. The second-order valence-electron chi connectivity index (χ2n) is 7.84. The van der Waals surface area contributed by atoms with Gasteiger partial charge in [-0.05, 0) is 29.3 Å². The largest absolute Gasteiger partial charge is 0.387 e. The molecule has 4 N–H and O–H groups in total. The zero-order valence-electron chi connectivity index (χ0n) is 17.8. The molecule has 15 heteroatoms. The van der Waals surface area contributed by atoms with Gasteiger partial charge in [0.25, 0.3) is 0 Å². The van der Waals surface area contributed by atoms with Crippen LogP contribution in [0.4, 0.5) is 5.82 Å². The lowest BCUT2D eigenvalue weighted by molar-refractivity contribution is -0.0658. The van der Waals surface area contributed by atoms with Crippen LogP contribution in [0.5, 0.6) is 0 Å². The number of aromatic nitrogens is 4. The van der Waals surface area contributed by atoms with Crippen LogP contribution in [-0.2, 0) is 20.6 Å². The maximum Gasteiger partial charge on any atom is 0.350 e. The predicted molar refractivity (Wildman–Crippen MR) is 123 cm³/mol. The first-order valence-electron chi connectivity index (χ1n) is 10.0. The van der Waals surface area contributed by atoms with Crippen molar-refractivity contribution >= 4 is 47.6 Å². The van der Waals surface area contributed by atoms with Crippen LogP contribution in [0.25, 0.3) is 11.0 Å². The van der Waals surface area contributed by atoms with Crippen LogP contribution in [-0.4, -0.2) is 78.1 Å². The average molecular weight is 534 g/mol. The Hall–Kier alpha value is -1.86. The number of ether oxygens (including phenoxy) is 2. The van der Waals surface area contributed by atoms with Gasteiger partial charge in [-0.25, -0.2) is 4.68 Å². The van der Waals surface area contributed by atoms with Crippen molar-refractivity contribution in [2.24, 2.45) is 0 Å². The highest BCUT2D eigenvalue weighted by molar-refractivity contribution is 7.51. The second kappa shape index (κ2) is 10.0. The molecule has 0 spiro atoms. The van der Waals surface area contributed by atoms with E-state index in [9.17, 15) is 14.8 Å². The van der Waals surface area contributed by atoms with E-state index in [0.29, 0.717) is 22.8 Å². The fourth-order valence-corrected chi connectivity index (χ4v) is 4.42. The van der Waals surface area contributed by atoms with E-state index in [1.807, 2.05) is 30.1 Å². The van der Waals surface area contributed by atoms with Gasteiger partial charge in [0.05, 0.1) is 18.2 Å². The standard InChI is InChI=1S/C19H22Cl2N5O7P/c1-25(7-10-3-2-4-11(20)5-10)16-12-6-22-26(17(12)24-19(21)23-16)18-15(28)14(27)13(33-18)8-32-9-34(29,30)31/h2-6,13-15,18,27-28H,7-9H2,1H3,(H2,29,30,31)/t13-,14-,15-,18-/m1/s1. The van der Waals surface area contributed by atoms with Crippen LogP contribution in [0.2, 0.25) is 10.3 Å². The van der Waals surface area contributed by atoms with E-state index in [1.165, 1.54) is 10.9 Å². The first-order valence-corrected chi connectivity index (χ1v) is 12.6. The molecule has 2 aromatic heterocycles. The minimum Gasteiger partial charge on any atom is -0.387 e. The SMILES string of the molecule is CN(Cc1cccc(Cl)c1)c1nc(Cl)nc2c1cnn2[C@@H]1O[C@H](COCP(=O)(O)O)[C@@H](O)[C@H]1O. The molecule has 1 aromatic carbocycles. The highest BCUT2D eigenvalue weighted by Crippen LogP contribution is 2.36. The fourth-order valence-electron chi connectivity index (χ4n) is 3.70. The van der Waals surface area contributed by atoms with Crippen LogP contribution in [0.3, 0.4) is 0 Å². The lowest BCUT2D eigenvalue weighted by Crippen LogP contribution is -2.34. The van der Waals surface area contributed by atoms with E-state index in [-0.39, 0.29) is 17.5 Å². The van der Waals surface area contributed by atoms with Crippen molar-refractivity contribution in [1.82, 2.24) is 19.7 Å². The number of benzene rings is 1. The van der Waals surface area contributed by atoms with E-state index in [0.717, 1.165) is 5.56 Å². The Kier molecular flexibility index (Phi) is 7.44. The molecule has 0 saturated carbocycles. The molecule has 0 radical (unpaired) electrons. The van der Waals surface area contributed by atoms with Gasteiger partial charge >= 0.3 is 7.60 Å². The van der Waals surface area contributed by atoms with Gasteiger partial charge in [0.2, 0.25) is 5.28 Å². The summed E-state index contributed by atoms with van der Waals surface area (Å²) in [6.45, 7) is 0.122. The van der Waals surface area contributed by atoms with Crippen molar-refractivity contribution in [3.05, 3.63) is 46.3 Å². The van der Waals surface area contributed by atoms with Crippen LogP contribution in [0.15, 0.2) is 30.5 Å². The molecule has 1 fully saturated rings. The lowest BCUT2D eigenvalue weighted by Gasteiger charge is -2.20. The first-order chi connectivity index (χ1) is 16.0. The van der Waals surface area contributed by atoms with Gasteiger partial charge in [-0.1, -0.05) is 23.7 Å². The summed E-state index contributed by atoms with van der Waals surface area (Å²) in [5.41, 5.74) is 1.21. The van der Waals surface area contributed by atoms with Gasteiger partial charge in [-0.3, -0.25) is 4.57 Å². The van der Waals surface area contributed by atoms with E-state index >= 15 is 0 Å². The summed E-state index contributed by atoms with van der Waals surface area (Å²) < 4.78 is 22.9. The van der Waals surface area contributed by atoms with Gasteiger partial charge in [0.1, 0.15) is 30.5 Å². The third-order valence-electron chi connectivity index (χ3n) is 5.20. The molecule has 3 aromatic rings. The summed E-state index contributed by atoms with van der Waals surface area (Å²) in [6.07, 6.45) is -4.33. The summed E-state index contributed by atoms with van der Waals surface area (Å²) in [4.78, 5) is 28.2. The Morgan fingerprint density at radius 2 is 2.00 bits per heavy atom. The second-order valence-corrected chi connectivity index (χ2v) is 10.2. The molecule has 1 saturated heterocycles. The van der Waals surface area contributed by atoms with E-state index in [1.54, 1.807) is 6.07 Å². The molecule has 184 valence electrons. The number of aliphatic hydroxyl groups is 2. The normalized spacial score (nSPS) is 23.0. The van der Waals surface area contributed by atoms with E-state index in [2.05, 4.69) is 15.1 Å². The predicted octanol–water partition coefficient (Wildman–Crippen LogP) is 1.54. The third kappa shape index (κ3) is 5.51. The smallest absolute Gasteiger partial charge is 0.350 e. The number of halogens is 2. The molecule has 4 rings (SSSR count). The summed E-state index contributed by atoms with van der Waals surface area (Å²) in [6, 6.07) is 7.38. The highest BCUT2D eigenvalue weighted by Gasteiger charge is 2.45. The van der Waals surface area contributed by atoms with Crippen molar-refractivity contribution in [3.63, 3.8) is 0 Å². The quantitative estimate of drug-likeness (QED) is 0.245. The zero-order valence-corrected chi connectivity index (χ0v) is 20.2. The number of anilines is 1. The van der Waals surface area contributed by atoms with Crippen LogP contribution in [0.1, 0.15) is 11.8 Å². The maximum absolute atomic E-state index is 11.0. The van der Waals surface area contributed by atoms with Crippen molar-refractivity contribution in [2.75, 3.05) is 24.9 Å². The van der Waals surface area contributed by atoms with Crippen LogP contribution >= 0.6 is 30.8 Å². The van der Waals surface area contributed by atoms with E-state index < -0.39 is 38.5 Å². The molecule has 0 amide bonds. The molecule has 1 aliphatic heterocycles. The minimum absolute atomic E-state index is 0.0586. The first kappa shape index (κ1) is 25.2. The molecule has 0 unspecified atom stereocenters. The molecular formula is C19H22Cl2N5O7P. The lowest BCUT2D eigenvalue weighted by atomic mass is 10.1. The zero-order chi connectivity index (χ0) is 24.6. The molecular weight excluding hydrogens is 512 g/mol. The Labute approximate surface area is 203 Å². The summed E-state index contributed by atoms with van der Waals surface area (Å²) in [5.74, 6) is 0.482. The Bertz CT molecular complexity index is 1220. The third-order valence-corrected chi connectivity index (χ3v) is 6.12. The number of hydrogen-bond donors (Lipinski definition) is 4. The van der Waals surface area contributed by atoms with Gasteiger partial charge in [-0.15, -0.1) is 0 Å². The van der Waals surface area contributed by atoms with Gasteiger partial charge in [-0.2, -0.15) is 15.1 Å². The average Bonchev–Trinajstić information content (AvgIpc) is 3.28. The van der Waals surface area contributed by atoms with Gasteiger partial charge in [0.15, 0.2) is 11.9 Å². The molecule has 3 heterocycles. The van der Waals surface area contributed by atoms with Crippen molar-refractivity contribution < 1.29 is 34.0 Å².